The Morgan fingerprint density at radius 1 is 1.47 bits per heavy atom. The van der Waals surface area contributed by atoms with Gasteiger partial charge >= 0.3 is 0 Å². The van der Waals surface area contributed by atoms with Gasteiger partial charge in [0.2, 0.25) is 0 Å². The zero-order valence-corrected chi connectivity index (χ0v) is 11.3. The third kappa shape index (κ3) is 1.97. The molecule has 4 heteroatoms. The van der Waals surface area contributed by atoms with E-state index in [0.717, 1.165) is 17.6 Å². The van der Waals surface area contributed by atoms with Crippen LogP contribution in [0.5, 0.6) is 0 Å². The van der Waals surface area contributed by atoms with Crippen molar-refractivity contribution < 1.29 is 0 Å². The number of aryl methyl sites for hydroxylation is 1. The molecule has 3 rings (SSSR count). The molecule has 0 unspecified atom stereocenters. The summed E-state index contributed by atoms with van der Waals surface area (Å²) in [4.78, 5) is 8.69. The third-order valence-electron chi connectivity index (χ3n) is 4.16. The van der Waals surface area contributed by atoms with Gasteiger partial charge in [-0.25, -0.2) is 4.98 Å². The second-order valence-electron chi connectivity index (χ2n) is 5.25. The fourth-order valence-electron chi connectivity index (χ4n) is 3.52. The van der Waals surface area contributed by atoms with Crippen molar-refractivity contribution in [3.8, 4) is 0 Å². The lowest BCUT2D eigenvalue weighted by molar-refractivity contribution is 0.114. The van der Waals surface area contributed by atoms with E-state index in [1.54, 1.807) is 11.3 Å². The minimum absolute atomic E-state index is 0.717. The van der Waals surface area contributed by atoms with Gasteiger partial charge in [-0.1, -0.05) is 6.92 Å². The van der Waals surface area contributed by atoms with Gasteiger partial charge in [-0.15, -0.1) is 11.3 Å². The summed E-state index contributed by atoms with van der Waals surface area (Å²) in [7, 11) is 0. The quantitative estimate of drug-likeness (QED) is 0.878. The third-order valence-corrected chi connectivity index (χ3v) is 5.22. The second kappa shape index (κ2) is 4.58. The average molecular weight is 251 g/mol. The SMILES string of the molecule is CCCN1CCC[C@@H]2c3sc(N)nc3CC[C@H]21. The van der Waals surface area contributed by atoms with Gasteiger partial charge in [0.1, 0.15) is 0 Å². The minimum Gasteiger partial charge on any atom is -0.375 e. The van der Waals surface area contributed by atoms with Gasteiger partial charge in [-0.2, -0.15) is 0 Å². The van der Waals surface area contributed by atoms with Crippen LogP contribution in [-0.4, -0.2) is 29.0 Å². The molecule has 0 aromatic carbocycles. The number of aromatic nitrogens is 1. The van der Waals surface area contributed by atoms with E-state index >= 15 is 0 Å². The smallest absolute Gasteiger partial charge is 0.180 e. The Morgan fingerprint density at radius 3 is 3.18 bits per heavy atom. The van der Waals surface area contributed by atoms with E-state index < -0.39 is 0 Å². The van der Waals surface area contributed by atoms with Gasteiger partial charge in [-0.05, 0) is 45.2 Å². The number of likely N-dealkylation sites (tertiary alicyclic amines) is 1. The predicted molar refractivity (Wildman–Crippen MR) is 72.5 cm³/mol. The average Bonchev–Trinajstić information content (AvgIpc) is 2.70. The van der Waals surface area contributed by atoms with Gasteiger partial charge in [-0.3, -0.25) is 4.90 Å². The van der Waals surface area contributed by atoms with Crippen LogP contribution in [0.15, 0.2) is 0 Å². The van der Waals surface area contributed by atoms with Crippen molar-refractivity contribution in [1.29, 1.82) is 0 Å². The van der Waals surface area contributed by atoms with Crippen LogP contribution in [0.2, 0.25) is 0 Å². The Hall–Kier alpha value is -0.610. The molecule has 0 bridgehead atoms. The Labute approximate surface area is 107 Å². The molecule has 2 N–H and O–H groups in total. The topological polar surface area (TPSA) is 42.1 Å². The Morgan fingerprint density at radius 2 is 2.35 bits per heavy atom. The van der Waals surface area contributed by atoms with Gasteiger partial charge in [0.25, 0.3) is 0 Å². The highest BCUT2D eigenvalue weighted by Gasteiger charge is 2.37. The number of fused-ring (bicyclic) bond motifs is 3. The van der Waals surface area contributed by atoms with E-state index in [0.29, 0.717) is 5.92 Å². The number of hydrogen-bond acceptors (Lipinski definition) is 4. The summed E-state index contributed by atoms with van der Waals surface area (Å²) < 4.78 is 0. The molecule has 2 atom stereocenters. The van der Waals surface area contributed by atoms with Crippen molar-refractivity contribution in [2.75, 3.05) is 18.8 Å². The van der Waals surface area contributed by atoms with E-state index in [-0.39, 0.29) is 0 Å². The van der Waals surface area contributed by atoms with Crippen LogP contribution in [0.25, 0.3) is 0 Å². The molecule has 1 aliphatic heterocycles. The summed E-state index contributed by atoms with van der Waals surface area (Å²) in [6.45, 7) is 4.83. The number of nitrogens with two attached hydrogens (primary N) is 1. The fourth-order valence-corrected chi connectivity index (χ4v) is 4.59. The molecule has 1 aliphatic carbocycles. The van der Waals surface area contributed by atoms with Crippen LogP contribution in [0, 0.1) is 0 Å². The van der Waals surface area contributed by atoms with Crippen molar-refractivity contribution in [1.82, 2.24) is 9.88 Å². The monoisotopic (exact) mass is 251 g/mol. The van der Waals surface area contributed by atoms with Crippen LogP contribution in [-0.2, 0) is 6.42 Å². The summed E-state index contributed by atoms with van der Waals surface area (Å²) in [5.41, 5.74) is 7.17. The molecular formula is C13H21N3S. The highest BCUT2D eigenvalue weighted by atomic mass is 32.1. The summed E-state index contributed by atoms with van der Waals surface area (Å²) in [6.07, 6.45) is 6.34. The van der Waals surface area contributed by atoms with E-state index in [4.69, 9.17) is 5.73 Å². The lowest BCUT2D eigenvalue weighted by atomic mass is 9.80. The summed E-state index contributed by atoms with van der Waals surface area (Å²) >= 11 is 1.74. The zero-order valence-electron chi connectivity index (χ0n) is 10.5. The largest absolute Gasteiger partial charge is 0.375 e. The summed E-state index contributed by atoms with van der Waals surface area (Å²) in [5.74, 6) is 0.717. The molecule has 94 valence electrons. The summed E-state index contributed by atoms with van der Waals surface area (Å²) in [5, 5.41) is 0.767. The number of anilines is 1. The molecule has 1 aromatic rings. The maximum absolute atomic E-state index is 5.87. The molecule has 3 nitrogen and oxygen atoms in total. The fraction of sp³-hybridized carbons (Fsp3) is 0.769. The number of piperidine rings is 1. The number of nitrogens with zero attached hydrogens (tertiary/aromatic N) is 2. The lowest BCUT2D eigenvalue weighted by Crippen LogP contribution is -2.46. The van der Waals surface area contributed by atoms with E-state index in [9.17, 15) is 0 Å². The van der Waals surface area contributed by atoms with Crippen molar-refractivity contribution >= 4 is 16.5 Å². The molecular weight excluding hydrogens is 230 g/mol. The predicted octanol–water partition coefficient (Wildman–Crippen LogP) is 2.63. The number of thiazole rings is 1. The Balaban J connectivity index is 1.87. The Bertz CT molecular complexity index is 399. The van der Waals surface area contributed by atoms with Gasteiger partial charge in [0.05, 0.1) is 5.69 Å². The first kappa shape index (κ1) is 11.5. The molecule has 1 aromatic heterocycles. The molecule has 2 aliphatic rings. The standard InChI is InChI=1S/C13H21N3S/c1-2-7-16-8-3-4-9-11(16)6-5-10-12(9)17-13(14)15-10/h9,11H,2-8H2,1H3,(H2,14,15)/t9-,11+/m0/s1. The molecule has 1 fully saturated rings. The molecule has 0 saturated carbocycles. The van der Waals surface area contributed by atoms with Crippen LogP contribution in [0.3, 0.4) is 0 Å². The van der Waals surface area contributed by atoms with E-state index in [2.05, 4.69) is 16.8 Å². The highest BCUT2D eigenvalue weighted by Crippen LogP contribution is 2.43. The van der Waals surface area contributed by atoms with E-state index in [1.165, 1.54) is 49.3 Å². The van der Waals surface area contributed by atoms with Crippen molar-refractivity contribution in [3.05, 3.63) is 10.6 Å². The van der Waals surface area contributed by atoms with Gasteiger partial charge in [0.15, 0.2) is 5.13 Å². The maximum atomic E-state index is 5.87. The molecule has 1 saturated heterocycles. The first-order chi connectivity index (χ1) is 8.29. The molecule has 2 heterocycles. The normalized spacial score (nSPS) is 28.8. The number of rotatable bonds is 2. The molecule has 0 radical (unpaired) electrons. The van der Waals surface area contributed by atoms with Crippen LogP contribution in [0.4, 0.5) is 5.13 Å². The first-order valence-electron chi connectivity index (χ1n) is 6.78. The second-order valence-corrected chi connectivity index (χ2v) is 6.32. The number of nitrogen functional groups attached to an aromatic ring is 1. The van der Waals surface area contributed by atoms with Crippen molar-refractivity contribution in [2.24, 2.45) is 0 Å². The molecule has 17 heavy (non-hydrogen) atoms. The van der Waals surface area contributed by atoms with Gasteiger partial charge < -0.3 is 5.73 Å². The maximum Gasteiger partial charge on any atom is 0.180 e. The minimum atomic E-state index is 0.717. The van der Waals surface area contributed by atoms with E-state index in [1.807, 2.05) is 0 Å². The molecule has 0 amide bonds. The van der Waals surface area contributed by atoms with Gasteiger partial charge in [0, 0.05) is 16.8 Å². The van der Waals surface area contributed by atoms with Crippen LogP contribution in [0.1, 0.15) is 49.1 Å². The first-order valence-corrected chi connectivity index (χ1v) is 7.60. The van der Waals surface area contributed by atoms with Crippen LogP contribution >= 0.6 is 11.3 Å². The van der Waals surface area contributed by atoms with Crippen molar-refractivity contribution in [3.63, 3.8) is 0 Å². The summed E-state index contributed by atoms with van der Waals surface area (Å²) in [6, 6.07) is 0.760. The zero-order chi connectivity index (χ0) is 11.8. The lowest BCUT2D eigenvalue weighted by Gasteiger charge is -2.43. The van der Waals surface area contributed by atoms with Crippen LogP contribution < -0.4 is 5.73 Å². The Kier molecular flexibility index (Phi) is 3.09. The highest BCUT2D eigenvalue weighted by molar-refractivity contribution is 7.15. The number of hydrogen-bond donors (Lipinski definition) is 1. The molecule has 0 spiro atoms. The van der Waals surface area contributed by atoms with Crippen molar-refractivity contribution in [2.45, 2.75) is 51.0 Å².